The number of fused-ring (bicyclic) bond motifs is 1. The molecule has 0 unspecified atom stereocenters. The zero-order valence-electron chi connectivity index (χ0n) is 10.4. The molecule has 0 atom stereocenters. The number of para-hydroxylation sites is 1. The van der Waals surface area contributed by atoms with Crippen LogP contribution < -0.4 is 4.74 Å². The SMILES string of the molecule is COc1[c]cc(C)c(-c2cc3ccccc3[nH]2)c1. The van der Waals surface area contributed by atoms with Crippen LogP contribution in [-0.2, 0) is 0 Å². The number of H-pyrrole nitrogens is 1. The van der Waals surface area contributed by atoms with Crippen LogP contribution in [-0.4, -0.2) is 12.1 Å². The standard InChI is InChI=1S/C16H14NO/c1-11-7-8-13(18-2)10-14(11)16-9-12-5-3-4-6-15(12)17-16/h3-7,9-10,17H,1-2H3. The molecule has 3 rings (SSSR count). The van der Waals surface area contributed by atoms with Crippen molar-refractivity contribution in [1.82, 2.24) is 4.98 Å². The molecule has 1 N–H and O–H groups in total. The molecule has 0 saturated heterocycles. The van der Waals surface area contributed by atoms with Crippen molar-refractivity contribution in [3.05, 3.63) is 54.1 Å². The van der Waals surface area contributed by atoms with Crippen LogP contribution in [0.1, 0.15) is 5.56 Å². The van der Waals surface area contributed by atoms with Gasteiger partial charge in [0, 0.05) is 28.2 Å². The molecular formula is C16H14NO. The molecule has 0 amide bonds. The van der Waals surface area contributed by atoms with Gasteiger partial charge in [-0.25, -0.2) is 0 Å². The molecule has 0 aliphatic rings. The average molecular weight is 236 g/mol. The maximum absolute atomic E-state index is 5.24. The van der Waals surface area contributed by atoms with E-state index in [9.17, 15) is 0 Å². The Kier molecular flexibility index (Phi) is 2.56. The molecule has 3 aromatic rings. The van der Waals surface area contributed by atoms with Crippen LogP contribution in [0.2, 0.25) is 0 Å². The lowest BCUT2D eigenvalue weighted by molar-refractivity contribution is 0.414. The molecule has 1 heterocycles. The highest BCUT2D eigenvalue weighted by Crippen LogP contribution is 2.29. The summed E-state index contributed by atoms with van der Waals surface area (Å²) in [6.07, 6.45) is 0. The van der Waals surface area contributed by atoms with E-state index in [2.05, 4.69) is 36.2 Å². The Morgan fingerprint density at radius 1 is 1.17 bits per heavy atom. The van der Waals surface area contributed by atoms with Gasteiger partial charge in [0.05, 0.1) is 7.11 Å². The Hall–Kier alpha value is -2.22. The van der Waals surface area contributed by atoms with E-state index in [0.29, 0.717) is 0 Å². The zero-order chi connectivity index (χ0) is 12.5. The van der Waals surface area contributed by atoms with Crippen LogP contribution in [0.4, 0.5) is 0 Å². The fourth-order valence-corrected chi connectivity index (χ4v) is 2.17. The molecule has 0 bridgehead atoms. The first-order chi connectivity index (χ1) is 8.78. The number of hydrogen-bond donors (Lipinski definition) is 1. The molecule has 2 aromatic carbocycles. The highest BCUT2D eigenvalue weighted by Gasteiger charge is 2.07. The van der Waals surface area contributed by atoms with Crippen molar-refractivity contribution in [1.29, 1.82) is 0 Å². The minimum absolute atomic E-state index is 0.759. The van der Waals surface area contributed by atoms with E-state index in [0.717, 1.165) is 22.5 Å². The first-order valence-electron chi connectivity index (χ1n) is 5.92. The summed E-state index contributed by atoms with van der Waals surface area (Å²) in [6.45, 7) is 2.08. The molecule has 2 nitrogen and oxygen atoms in total. The van der Waals surface area contributed by atoms with Gasteiger partial charge in [0.25, 0.3) is 0 Å². The lowest BCUT2D eigenvalue weighted by Gasteiger charge is -2.06. The lowest BCUT2D eigenvalue weighted by atomic mass is 10.1. The molecule has 18 heavy (non-hydrogen) atoms. The van der Waals surface area contributed by atoms with E-state index in [-0.39, 0.29) is 0 Å². The molecule has 0 saturated carbocycles. The van der Waals surface area contributed by atoms with Crippen molar-refractivity contribution in [3.8, 4) is 17.0 Å². The fraction of sp³-hybridized carbons (Fsp3) is 0.125. The van der Waals surface area contributed by atoms with Gasteiger partial charge in [-0.1, -0.05) is 18.2 Å². The van der Waals surface area contributed by atoms with E-state index in [1.54, 1.807) is 7.11 Å². The maximum Gasteiger partial charge on any atom is 0.127 e. The lowest BCUT2D eigenvalue weighted by Crippen LogP contribution is -1.87. The Bertz CT molecular complexity index is 664. The Morgan fingerprint density at radius 2 is 2.00 bits per heavy atom. The van der Waals surface area contributed by atoms with Gasteiger partial charge < -0.3 is 9.72 Å². The number of ether oxygens (including phenoxy) is 1. The second kappa shape index (κ2) is 4.22. The van der Waals surface area contributed by atoms with Crippen LogP contribution in [0.5, 0.6) is 5.75 Å². The number of aromatic amines is 1. The molecule has 1 aromatic heterocycles. The van der Waals surface area contributed by atoms with Crippen molar-refractivity contribution in [3.63, 3.8) is 0 Å². The largest absolute Gasteiger partial charge is 0.496 e. The predicted molar refractivity (Wildman–Crippen MR) is 73.9 cm³/mol. The van der Waals surface area contributed by atoms with Crippen LogP contribution in [0.25, 0.3) is 22.2 Å². The van der Waals surface area contributed by atoms with E-state index >= 15 is 0 Å². The minimum Gasteiger partial charge on any atom is -0.496 e. The smallest absolute Gasteiger partial charge is 0.127 e. The molecule has 0 aliphatic carbocycles. The second-order valence-corrected chi connectivity index (χ2v) is 4.37. The van der Waals surface area contributed by atoms with Gasteiger partial charge in [-0.2, -0.15) is 0 Å². The monoisotopic (exact) mass is 236 g/mol. The molecule has 0 spiro atoms. The van der Waals surface area contributed by atoms with Gasteiger partial charge in [0.1, 0.15) is 5.75 Å². The van der Waals surface area contributed by atoms with Gasteiger partial charge in [-0.15, -0.1) is 0 Å². The van der Waals surface area contributed by atoms with Crippen LogP contribution in [0.15, 0.2) is 42.5 Å². The number of methoxy groups -OCH3 is 1. The number of aromatic nitrogens is 1. The molecule has 1 radical (unpaired) electrons. The molecule has 89 valence electrons. The summed E-state index contributed by atoms with van der Waals surface area (Å²) in [5.74, 6) is 0.759. The minimum atomic E-state index is 0.759. The summed E-state index contributed by atoms with van der Waals surface area (Å²) in [5, 5.41) is 1.22. The third-order valence-corrected chi connectivity index (χ3v) is 3.17. The average Bonchev–Trinajstić information content (AvgIpc) is 2.82. The highest BCUT2D eigenvalue weighted by molar-refractivity contribution is 5.86. The molecule has 0 aliphatic heterocycles. The maximum atomic E-state index is 5.24. The number of nitrogens with one attached hydrogen (secondary N) is 1. The van der Waals surface area contributed by atoms with Crippen molar-refractivity contribution in [2.45, 2.75) is 6.92 Å². The Labute approximate surface area is 106 Å². The topological polar surface area (TPSA) is 25.0 Å². The summed E-state index contributed by atoms with van der Waals surface area (Å²) < 4.78 is 5.24. The summed E-state index contributed by atoms with van der Waals surface area (Å²) in [6, 6.07) is 17.5. The predicted octanol–water partition coefficient (Wildman–Crippen LogP) is 3.95. The number of rotatable bonds is 2. The van der Waals surface area contributed by atoms with Crippen LogP contribution in [0, 0.1) is 13.0 Å². The number of benzene rings is 2. The fourth-order valence-electron chi connectivity index (χ4n) is 2.17. The first kappa shape index (κ1) is 10.9. The van der Waals surface area contributed by atoms with Crippen molar-refractivity contribution >= 4 is 10.9 Å². The number of hydrogen-bond acceptors (Lipinski definition) is 1. The van der Waals surface area contributed by atoms with E-state index in [1.807, 2.05) is 24.3 Å². The first-order valence-corrected chi connectivity index (χ1v) is 5.92. The second-order valence-electron chi connectivity index (χ2n) is 4.37. The third kappa shape index (κ3) is 1.76. The van der Waals surface area contributed by atoms with Gasteiger partial charge in [0.15, 0.2) is 0 Å². The van der Waals surface area contributed by atoms with Crippen molar-refractivity contribution < 1.29 is 4.74 Å². The van der Waals surface area contributed by atoms with Crippen molar-refractivity contribution in [2.24, 2.45) is 0 Å². The highest BCUT2D eigenvalue weighted by atomic mass is 16.5. The quantitative estimate of drug-likeness (QED) is 0.716. The summed E-state index contributed by atoms with van der Waals surface area (Å²) in [7, 11) is 1.66. The van der Waals surface area contributed by atoms with Gasteiger partial charge in [-0.05, 0) is 36.8 Å². The van der Waals surface area contributed by atoms with E-state index < -0.39 is 0 Å². The van der Waals surface area contributed by atoms with Gasteiger partial charge in [0.2, 0.25) is 0 Å². The summed E-state index contributed by atoms with van der Waals surface area (Å²) in [5.41, 5.74) is 4.60. The van der Waals surface area contributed by atoms with Crippen LogP contribution >= 0.6 is 0 Å². The van der Waals surface area contributed by atoms with E-state index in [1.165, 1.54) is 10.9 Å². The third-order valence-electron chi connectivity index (χ3n) is 3.17. The zero-order valence-corrected chi connectivity index (χ0v) is 10.4. The molecular weight excluding hydrogens is 222 g/mol. The van der Waals surface area contributed by atoms with Gasteiger partial charge in [-0.3, -0.25) is 0 Å². The Morgan fingerprint density at radius 3 is 2.78 bits per heavy atom. The van der Waals surface area contributed by atoms with Crippen LogP contribution in [0.3, 0.4) is 0 Å². The molecule has 2 heteroatoms. The molecule has 0 fully saturated rings. The summed E-state index contributed by atoms with van der Waals surface area (Å²) in [4.78, 5) is 3.43. The van der Waals surface area contributed by atoms with Gasteiger partial charge >= 0.3 is 0 Å². The Balaban J connectivity index is 2.19. The number of aryl methyl sites for hydroxylation is 1. The van der Waals surface area contributed by atoms with Crippen molar-refractivity contribution in [2.75, 3.05) is 7.11 Å². The summed E-state index contributed by atoms with van der Waals surface area (Å²) >= 11 is 0. The van der Waals surface area contributed by atoms with E-state index in [4.69, 9.17) is 4.74 Å². The normalized spacial score (nSPS) is 10.8.